The maximum atomic E-state index is 13.7. The Bertz CT molecular complexity index is 1220. The van der Waals surface area contributed by atoms with Gasteiger partial charge in [0.1, 0.15) is 24.4 Å². The van der Waals surface area contributed by atoms with E-state index in [9.17, 15) is 19.2 Å². The molecule has 1 saturated heterocycles. The largest absolute Gasteiger partial charge is 0.491 e. The molecule has 4 rings (SSSR count). The second-order valence-corrected chi connectivity index (χ2v) is 10.5. The molecule has 2 atom stereocenters. The third-order valence-electron chi connectivity index (χ3n) is 7.65. The number of carbonyl (C=O) groups is 4. The zero-order valence-corrected chi connectivity index (χ0v) is 24.4. The van der Waals surface area contributed by atoms with Crippen LogP contribution in [0.1, 0.15) is 29.3 Å². The van der Waals surface area contributed by atoms with Gasteiger partial charge in [0.25, 0.3) is 5.91 Å². The summed E-state index contributed by atoms with van der Waals surface area (Å²) >= 11 is 0. The fraction of sp³-hybridized carbons (Fsp3) is 0.484. The number of rotatable bonds is 7. The van der Waals surface area contributed by atoms with Gasteiger partial charge in [0.2, 0.25) is 17.7 Å². The molecule has 2 aromatic carbocycles. The van der Waals surface area contributed by atoms with Crippen LogP contribution >= 0.6 is 0 Å². The molecule has 4 amide bonds. The highest BCUT2D eigenvalue weighted by molar-refractivity contribution is 6.01. The molecule has 0 unspecified atom stereocenters. The predicted octanol–water partition coefficient (Wildman–Crippen LogP) is 0.934. The highest BCUT2D eigenvalue weighted by atomic mass is 16.5. The molecule has 42 heavy (non-hydrogen) atoms. The minimum atomic E-state index is -1.12. The fourth-order valence-electron chi connectivity index (χ4n) is 5.25. The zero-order chi connectivity index (χ0) is 29.9. The third kappa shape index (κ3) is 8.29. The van der Waals surface area contributed by atoms with Gasteiger partial charge in [-0.25, -0.2) is 0 Å². The first-order valence-corrected chi connectivity index (χ1v) is 14.5. The summed E-state index contributed by atoms with van der Waals surface area (Å²) in [5.41, 5.74) is 1.15. The Morgan fingerprint density at radius 2 is 1.67 bits per heavy atom. The summed E-state index contributed by atoms with van der Waals surface area (Å²) in [6.45, 7) is 6.37. The first-order valence-electron chi connectivity index (χ1n) is 14.5. The van der Waals surface area contributed by atoms with E-state index in [0.717, 1.165) is 12.1 Å². The summed E-state index contributed by atoms with van der Waals surface area (Å²) in [6.07, 6.45) is -0.0117. The summed E-state index contributed by atoms with van der Waals surface area (Å²) in [6, 6.07) is 14.3. The highest BCUT2D eigenvalue weighted by Gasteiger charge is 2.33. The monoisotopic (exact) mass is 579 g/mol. The molecular weight excluding hydrogens is 538 g/mol. The van der Waals surface area contributed by atoms with Crippen LogP contribution in [0.4, 0.5) is 0 Å². The van der Waals surface area contributed by atoms with Crippen LogP contribution < -0.4 is 15.4 Å². The number of carbonyl (C=O) groups excluding carboxylic acids is 4. The smallest absolute Gasteiger partial charge is 0.255 e. The van der Waals surface area contributed by atoms with Crippen LogP contribution in [-0.2, 0) is 25.5 Å². The number of hydrogen-bond donors (Lipinski definition) is 2. The number of piperazine rings is 1. The van der Waals surface area contributed by atoms with Crippen LogP contribution in [0.2, 0.25) is 0 Å². The molecule has 2 aliphatic heterocycles. The van der Waals surface area contributed by atoms with Crippen molar-refractivity contribution in [2.24, 2.45) is 0 Å². The molecule has 11 heteroatoms. The van der Waals surface area contributed by atoms with Crippen molar-refractivity contribution in [1.29, 1.82) is 0 Å². The van der Waals surface area contributed by atoms with E-state index in [1.54, 1.807) is 41.2 Å². The second-order valence-electron chi connectivity index (χ2n) is 10.5. The molecule has 2 aliphatic rings. The van der Waals surface area contributed by atoms with Crippen LogP contribution in [0.5, 0.6) is 5.75 Å². The number of para-hydroxylation sites is 1. The molecule has 0 bridgehead atoms. The Labute approximate surface area is 247 Å². The van der Waals surface area contributed by atoms with Crippen molar-refractivity contribution in [2.45, 2.75) is 31.8 Å². The summed E-state index contributed by atoms with van der Waals surface area (Å²) in [5, 5.41) is 5.67. The lowest BCUT2D eigenvalue weighted by molar-refractivity contribution is -0.139. The lowest BCUT2D eigenvalue weighted by atomic mass is 10.0. The number of ether oxygens (including phenoxy) is 2. The number of nitrogens with zero attached hydrogens (tertiary/aromatic N) is 3. The minimum Gasteiger partial charge on any atom is -0.491 e. The molecule has 2 aromatic rings. The predicted molar refractivity (Wildman–Crippen MR) is 157 cm³/mol. The van der Waals surface area contributed by atoms with Crippen molar-refractivity contribution in [1.82, 2.24) is 25.3 Å². The first kappa shape index (κ1) is 31.0. The van der Waals surface area contributed by atoms with Gasteiger partial charge in [-0.15, -0.1) is 0 Å². The Morgan fingerprint density at radius 1 is 0.952 bits per heavy atom. The topological polar surface area (TPSA) is 121 Å². The average molecular weight is 580 g/mol. The minimum absolute atomic E-state index is 0.158. The third-order valence-corrected chi connectivity index (χ3v) is 7.65. The van der Waals surface area contributed by atoms with Crippen molar-refractivity contribution in [3.8, 4) is 5.75 Å². The molecule has 0 radical (unpaired) electrons. The van der Waals surface area contributed by atoms with Gasteiger partial charge in [-0.3, -0.25) is 24.1 Å². The number of fused-ring (bicyclic) bond motifs is 1. The van der Waals surface area contributed by atoms with E-state index < -0.39 is 23.9 Å². The van der Waals surface area contributed by atoms with E-state index in [4.69, 9.17) is 9.47 Å². The number of likely N-dealkylation sites (N-methyl/N-ethyl adjacent to an activating group) is 1. The molecule has 2 N–H and O–H groups in total. The number of amides is 4. The van der Waals surface area contributed by atoms with Gasteiger partial charge in [0, 0.05) is 52.8 Å². The second kappa shape index (κ2) is 15.3. The van der Waals surface area contributed by atoms with Crippen LogP contribution in [0.15, 0.2) is 54.6 Å². The SMILES string of the molecule is CCN1CCOc2ccccc2C(=O)N[C@H](C(=O)N2CCN(CCOC)CC2)CC(=O)N[C@@H](Cc2ccccc2)C1=O. The zero-order valence-electron chi connectivity index (χ0n) is 24.4. The fourth-order valence-corrected chi connectivity index (χ4v) is 5.25. The number of methoxy groups -OCH3 is 1. The van der Waals surface area contributed by atoms with Crippen LogP contribution in [0, 0.1) is 0 Å². The van der Waals surface area contributed by atoms with E-state index in [1.165, 1.54) is 0 Å². The van der Waals surface area contributed by atoms with Crippen molar-refractivity contribution < 1.29 is 28.7 Å². The van der Waals surface area contributed by atoms with Gasteiger partial charge in [-0.2, -0.15) is 0 Å². The molecule has 11 nitrogen and oxygen atoms in total. The van der Waals surface area contributed by atoms with Gasteiger partial charge in [-0.1, -0.05) is 42.5 Å². The van der Waals surface area contributed by atoms with Crippen LogP contribution in [-0.4, -0.2) is 117 Å². The lowest BCUT2D eigenvalue weighted by Crippen LogP contribution is -2.57. The maximum absolute atomic E-state index is 13.7. The summed E-state index contributed by atoms with van der Waals surface area (Å²) in [4.78, 5) is 59.8. The highest BCUT2D eigenvalue weighted by Crippen LogP contribution is 2.19. The Hall–Kier alpha value is -3.96. The lowest BCUT2D eigenvalue weighted by Gasteiger charge is -2.36. The van der Waals surface area contributed by atoms with Gasteiger partial charge < -0.3 is 29.9 Å². The van der Waals surface area contributed by atoms with Gasteiger partial charge >= 0.3 is 0 Å². The molecule has 0 aliphatic carbocycles. The van der Waals surface area contributed by atoms with Gasteiger partial charge in [0.05, 0.1) is 25.1 Å². The number of benzene rings is 2. The number of hydrogen-bond acceptors (Lipinski definition) is 7. The summed E-state index contributed by atoms with van der Waals surface area (Å²) in [7, 11) is 1.65. The van der Waals surface area contributed by atoms with E-state index in [-0.39, 0.29) is 37.0 Å². The molecule has 0 aromatic heterocycles. The Morgan fingerprint density at radius 3 is 2.38 bits per heavy atom. The molecule has 0 spiro atoms. The number of nitrogens with one attached hydrogen (secondary N) is 2. The van der Waals surface area contributed by atoms with Crippen LogP contribution in [0.25, 0.3) is 0 Å². The van der Waals surface area contributed by atoms with E-state index in [0.29, 0.717) is 51.5 Å². The van der Waals surface area contributed by atoms with Crippen molar-refractivity contribution in [3.05, 3.63) is 65.7 Å². The molecule has 2 heterocycles. The van der Waals surface area contributed by atoms with Gasteiger partial charge in [0.15, 0.2) is 0 Å². The van der Waals surface area contributed by atoms with Crippen molar-refractivity contribution >= 4 is 23.6 Å². The summed E-state index contributed by atoms with van der Waals surface area (Å²) < 4.78 is 11.1. The molecule has 226 valence electrons. The molecular formula is C31H41N5O6. The standard InChI is InChI=1S/C31H41N5O6/c1-3-35-18-20-42-27-12-8-7-11-24(27)29(38)33-26(31(40)36-15-13-34(14-16-36)17-19-41-2)22-28(37)32-25(30(35)39)21-23-9-5-4-6-10-23/h4-12,25-26H,3,13-22H2,1-2H3,(H,32,37)(H,33,38)/t25-,26-/m0/s1. The average Bonchev–Trinajstić information content (AvgIpc) is 3.01. The summed E-state index contributed by atoms with van der Waals surface area (Å²) in [5.74, 6) is -1.21. The van der Waals surface area contributed by atoms with Crippen molar-refractivity contribution in [2.75, 3.05) is 66.1 Å². The van der Waals surface area contributed by atoms with Gasteiger partial charge in [-0.05, 0) is 24.6 Å². The normalized spacial score (nSPS) is 21.0. The van der Waals surface area contributed by atoms with E-state index in [1.807, 2.05) is 37.3 Å². The molecule has 0 saturated carbocycles. The van der Waals surface area contributed by atoms with E-state index in [2.05, 4.69) is 15.5 Å². The maximum Gasteiger partial charge on any atom is 0.255 e. The van der Waals surface area contributed by atoms with E-state index >= 15 is 0 Å². The first-order chi connectivity index (χ1) is 20.4. The van der Waals surface area contributed by atoms with Crippen LogP contribution in [0.3, 0.4) is 0 Å². The molecule has 1 fully saturated rings. The Kier molecular flexibility index (Phi) is 11.3. The quantitative estimate of drug-likeness (QED) is 0.501. The Balaban J connectivity index is 1.59. The van der Waals surface area contributed by atoms with Crippen molar-refractivity contribution in [3.63, 3.8) is 0 Å².